The van der Waals surface area contributed by atoms with Gasteiger partial charge in [-0.15, -0.1) is 0 Å². The molecule has 0 fully saturated rings. The van der Waals surface area contributed by atoms with Crippen LogP contribution in [0.4, 0.5) is 5.69 Å². The van der Waals surface area contributed by atoms with E-state index in [2.05, 4.69) is 5.32 Å². The number of nitrogens with two attached hydrogens (primary N) is 1. The molecule has 0 saturated carbocycles. The fourth-order valence-electron chi connectivity index (χ4n) is 1.83. The van der Waals surface area contributed by atoms with Gasteiger partial charge >= 0.3 is 0 Å². The minimum absolute atomic E-state index is 0.237. The number of amides is 2. The number of ether oxygens (including phenoxy) is 1. The van der Waals surface area contributed by atoms with Crippen LogP contribution in [0.1, 0.15) is 17.3 Å². The minimum atomic E-state index is -0.791. The number of anilines is 1. The number of carbonyl (C=O) groups is 2. The lowest BCUT2D eigenvalue weighted by Gasteiger charge is -2.16. The molecule has 0 aromatic heterocycles. The molecule has 0 spiro atoms. The van der Waals surface area contributed by atoms with Crippen molar-refractivity contribution in [3.8, 4) is 5.75 Å². The van der Waals surface area contributed by atoms with Gasteiger partial charge in [0.2, 0.25) is 0 Å². The van der Waals surface area contributed by atoms with Gasteiger partial charge in [0.1, 0.15) is 5.75 Å². The van der Waals surface area contributed by atoms with Gasteiger partial charge in [-0.25, -0.2) is 0 Å². The molecule has 2 aromatic rings. The highest BCUT2D eigenvalue weighted by Gasteiger charge is 2.18. The largest absolute Gasteiger partial charge is 0.479 e. The predicted octanol–water partition coefficient (Wildman–Crippen LogP) is 2.84. The van der Waals surface area contributed by atoms with Crippen LogP contribution in [0.5, 0.6) is 5.75 Å². The summed E-state index contributed by atoms with van der Waals surface area (Å²) in [6.07, 6.45) is -0.791. The Morgan fingerprint density at radius 3 is 2.45 bits per heavy atom. The molecule has 22 heavy (non-hydrogen) atoms. The second kappa shape index (κ2) is 6.95. The third-order valence-corrected chi connectivity index (χ3v) is 3.27. The molecule has 3 N–H and O–H groups in total. The molecule has 0 bridgehead atoms. The summed E-state index contributed by atoms with van der Waals surface area (Å²) in [4.78, 5) is 23.5. The summed E-state index contributed by atoms with van der Waals surface area (Å²) in [5.74, 6) is -0.612. The van der Waals surface area contributed by atoms with Crippen molar-refractivity contribution in [2.75, 3.05) is 5.32 Å². The van der Waals surface area contributed by atoms with Crippen molar-refractivity contribution in [1.29, 1.82) is 0 Å². The van der Waals surface area contributed by atoms with Gasteiger partial charge in [-0.1, -0.05) is 35.9 Å². The van der Waals surface area contributed by atoms with Crippen LogP contribution < -0.4 is 15.8 Å². The lowest BCUT2D eigenvalue weighted by molar-refractivity contribution is -0.122. The Kier molecular flexibility index (Phi) is 5.01. The van der Waals surface area contributed by atoms with E-state index in [0.717, 1.165) is 0 Å². The number of benzene rings is 2. The third kappa shape index (κ3) is 3.77. The first-order valence-electron chi connectivity index (χ1n) is 6.60. The normalized spacial score (nSPS) is 11.5. The van der Waals surface area contributed by atoms with Crippen molar-refractivity contribution >= 4 is 29.1 Å². The molecule has 0 aliphatic rings. The standard InChI is InChI=1S/C16H15ClN2O3/c1-10(22-14-9-5-3-7-12(14)17)16(21)19-13-8-4-2-6-11(13)15(18)20/h2-10H,1H3,(H2,18,20)(H,19,21)/t10-/m0/s1. The second-order valence-electron chi connectivity index (χ2n) is 4.59. The summed E-state index contributed by atoms with van der Waals surface area (Å²) in [6.45, 7) is 1.59. The number of rotatable bonds is 5. The maximum Gasteiger partial charge on any atom is 0.265 e. The summed E-state index contributed by atoms with van der Waals surface area (Å²) < 4.78 is 5.52. The number of primary amides is 1. The Morgan fingerprint density at radius 1 is 1.14 bits per heavy atom. The molecule has 0 aliphatic heterocycles. The Hall–Kier alpha value is -2.53. The highest BCUT2D eigenvalue weighted by atomic mass is 35.5. The van der Waals surface area contributed by atoms with E-state index in [9.17, 15) is 9.59 Å². The van der Waals surface area contributed by atoms with Crippen LogP contribution in [0.15, 0.2) is 48.5 Å². The molecule has 0 unspecified atom stereocenters. The minimum Gasteiger partial charge on any atom is -0.479 e. The average Bonchev–Trinajstić information content (AvgIpc) is 2.49. The highest BCUT2D eigenvalue weighted by molar-refractivity contribution is 6.32. The zero-order valence-electron chi connectivity index (χ0n) is 11.9. The smallest absolute Gasteiger partial charge is 0.265 e. The zero-order valence-corrected chi connectivity index (χ0v) is 12.6. The molecule has 1 atom stereocenters. The van der Waals surface area contributed by atoms with Gasteiger partial charge in [0, 0.05) is 0 Å². The molecule has 0 saturated heterocycles. The van der Waals surface area contributed by atoms with Crippen LogP contribution in [0.2, 0.25) is 5.02 Å². The molecular weight excluding hydrogens is 304 g/mol. The van der Waals surface area contributed by atoms with Crippen LogP contribution in [0.25, 0.3) is 0 Å². The predicted molar refractivity (Wildman–Crippen MR) is 85.1 cm³/mol. The first-order chi connectivity index (χ1) is 10.5. The van der Waals surface area contributed by atoms with E-state index in [4.69, 9.17) is 22.1 Å². The van der Waals surface area contributed by atoms with E-state index in [0.29, 0.717) is 16.5 Å². The number of carbonyl (C=O) groups excluding carboxylic acids is 2. The number of hydrogen-bond acceptors (Lipinski definition) is 3. The topological polar surface area (TPSA) is 81.4 Å². The number of halogens is 1. The fraction of sp³-hybridized carbons (Fsp3) is 0.125. The van der Waals surface area contributed by atoms with Crippen LogP contribution in [0.3, 0.4) is 0 Å². The maximum absolute atomic E-state index is 12.2. The SMILES string of the molecule is C[C@H](Oc1ccccc1Cl)C(=O)Nc1ccccc1C(N)=O. The lowest BCUT2D eigenvalue weighted by Crippen LogP contribution is -2.31. The van der Waals surface area contributed by atoms with E-state index < -0.39 is 17.9 Å². The van der Waals surface area contributed by atoms with E-state index in [1.165, 1.54) is 6.07 Å². The van der Waals surface area contributed by atoms with Gasteiger partial charge in [-0.2, -0.15) is 0 Å². The van der Waals surface area contributed by atoms with Gasteiger partial charge in [-0.3, -0.25) is 9.59 Å². The molecule has 0 radical (unpaired) electrons. The summed E-state index contributed by atoms with van der Waals surface area (Å²) in [6, 6.07) is 13.4. The van der Waals surface area contributed by atoms with Gasteiger partial charge < -0.3 is 15.8 Å². The number of para-hydroxylation sites is 2. The molecule has 114 valence electrons. The fourth-order valence-corrected chi connectivity index (χ4v) is 2.01. The van der Waals surface area contributed by atoms with E-state index in [1.807, 2.05) is 0 Å². The third-order valence-electron chi connectivity index (χ3n) is 2.96. The highest BCUT2D eigenvalue weighted by Crippen LogP contribution is 2.24. The van der Waals surface area contributed by atoms with Crippen molar-refractivity contribution in [3.63, 3.8) is 0 Å². The Morgan fingerprint density at radius 2 is 1.77 bits per heavy atom. The summed E-state index contributed by atoms with van der Waals surface area (Å²) in [5, 5.41) is 3.04. The van der Waals surface area contributed by atoms with Crippen molar-refractivity contribution in [2.24, 2.45) is 5.73 Å². The first kappa shape index (κ1) is 15.9. The van der Waals surface area contributed by atoms with Crippen molar-refractivity contribution in [2.45, 2.75) is 13.0 Å². The molecule has 2 amide bonds. The molecule has 0 aliphatic carbocycles. The van der Waals surface area contributed by atoms with E-state index >= 15 is 0 Å². The Labute approximate surface area is 133 Å². The van der Waals surface area contributed by atoms with Crippen LogP contribution in [-0.2, 0) is 4.79 Å². The van der Waals surface area contributed by atoms with Gasteiger partial charge in [-0.05, 0) is 31.2 Å². The lowest BCUT2D eigenvalue weighted by atomic mass is 10.1. The number of nitrogens with one attached hydrogen (secondary N) is 1. The molecule has 0 heterocycles. The summed E-state index contributed by atoms with van der Waals surface area (Å²) in [5.41, 5.74) is 5.85. The number of hydrogen-bond donors (Lipinski definition) is 2. The summed E-state index contributed by atoms with van der Waals surface area (Å²) in [7, 11) is 0. The zero-order chi connectivity index (χ0) is 16.1. The monoisotopic (exact) mass is 318 g/mol. The van der Waals surface area contributed by atoms with Crippen LogP contribution in [0, 0.1) is 0 Å². The van der Waals surface area contributed by atoms with Gasteiger partial charge in [0.25, 0.3) is 11.8 Å². The molecule has 2 rings (SSSR count). The summed E-state index contributed by atoms with van der Waals surface area (Å²) >= 11 is 5.98. The van der Waals surface area contributed by atoms with E-state index in [-0.39, 0.29) is 5.56 Å². The molecule has 2 aromatic carbocycles. The van der Waals surface area contributed by atoms with Crippen molar-refractivity contribution in [3.05, 3.63) is 59.1 Å². The van der Waals surface area contributed by atoms with Gasteiger partial charge in [0.15, 0.2) is 6.10 Å². The second-order valence-corrected chi connectivity index (χ2v) is 5.00. The Bertz CT molecular complexity index is 703. The average molecular weight is 319 g/mol. The van der Waals surface area contributed by atoms with Crippen molar-refractivity contribution in [1.82, 2.24) is 0 Å². The van der Waals surface area contributed by atoms with Gasteiger partial charge in [0.05, 0.1) is 16.3 Å². The van der Waals surface area contributed by atoms with E-state index in [1.54, 1.807) is 49.4 Å². The van der Waals surface area contributed by atoms with Crippen molar-refractivity contribution < 1.29 is 14.3 Å². The van der Waals surface area contributed by atoms with Crippen LogP contribution >= 0.6 is 11.6 Å². The Balaban J connectivity index is 2.09. The maximum atomic E-state index is 12.2. The molecule has 6 heteroatoms. The first-order valence-corrected chi connectivity index (χ1v) is 6.97. The molecule has 5 nitrogen and oxygen atoms in total. The molecular formula is C16H15ClN2O3. The van der Waals surface area contributed by atoms with Crippen LogP contribution in [-0.4, -0.2) is 17.9 Å². The quantitative estimate of drug-likeness (QED) is 0.889.